The van der Waals surface area contributed by atoms with Crippen molar-refractivity contribution in [2.75, 3.05) is 18.1 Å². The number of rotatable bonds is 7. The van der Waals surface area contributed by atoms with Crippen molar-refractivity contribution >= 4 is 39.5 Å². The number of thioether (sulfide) groups is 1. The Morgan fingerprint density at radius 2 is 1.90 bits per heavy atom. The number of aromatic carboxylic acids is 1. The van der Waals surface area contributed by atoms with Crippen molar-refractivity contribution in [3.05, 3.63) is 70.0 Å². The van der Waals surface area contributed by atoms with Gasteiger partial charge in [-0.3, -0.25) is 0 Å². The first-order valence-corrected chi connectivity index (χ1v) is 10.5. The zero-order valence-corrected chi connectivity index (χ0v) is 17.7. The van der Waals surface area contributed by atoms with Gasteiger partial charge in [-0.15, -0.1) is 11.8 Å². The van der Waals surface area contributed by atoms with Gasteiger partial charge in [0.15, 0.2) is 0 Å². The minimum atomic E-state index is -0.988. The molecule has 0 aliphatic carbocycles. The van der Waals surface area contributed by atoms with Gasteiger partial charge < -0.3 is 10.4 Å². The molecule has 0 aliphatic heterocycles. The molecule has 0 aliphatic rings. The number of anilines is 1. The van der Waals surface area contributed by atoms with E-state index in [9.17, 15) is 18.7 Å². The lowest BCUT2D eigenvalue weighted by Crippen LogP contribution is -2.09. The summed E-state index contributed by atoms with van der Waals surface area (Å²) in [5.74, 6) is -1.70. The molecule has 150 valence electrons. The van der Waals surface area contributed by atoms with Gasteiger partial charge in [0.2, 0.25) is 0 Å². The van der Waals surface area contributed by atoms with Crippen molar-refractivity contribution in [3.8, 4) is 11.3 Å². The number of nitrogens with one attached hydrogen (secondary N) is 1. The molecule has 1 aromatic heterocycles. The molecular formula is C20H16BrF2N3O2S. The number of halogens is 3. The van der Waals surface area contributed by atoms with Crippen LogP contribution in [0.3, 0.4) is 0 Å². The van der Waals surface area contributed by atoms with Crippen LogP contribution in [0.2, 0.25) is 0 Å². The van der Waals surface area contributed by atoms with Gasteiger partial charge in [0.05, 0.1) is 11.3 Å². The van der Waals surface area contributed by atoms with Gasteiger partial charge in [0, 0.05) is 33.1 Å². The molecule has 0 spiro atoms. The molecule has 5 nitrogen and oxygen atoms in total. The van der Waals surface area contributed by atoms with Crippen molar-refractivity contribution in [1.29, 1.82) is 0 Å². The molecule has 0 saturated heterocycles. The number of carbonyl (C=O) groups is 1. The topological polar surface area (TPSA) is 75.1 Å². The average molecular weight is 480 g/mol. The smallest absolute Gasteiger partial charge is 0.336 e. The maximum absolute atomic E-state index is 13.9. The third-order valence-electron chi connectivity index (χ3n) is 4.18. The van der Waals surface area contributed by atoms with Gasteiger partial charge in [-0.05, 0) is 36.9 Å². The molecule has 0 fully saturated rings. The van der Waals surface area contributed by atoms with E-state index in [4.69, 9.17) is 0 Å². The summed E-state index contributed by atoms with van der Waals surface area (Å²) >= 11 is 4.40. The molecule has 0 radical (unpaired) electrons. The second-order valence-corrected chi connectivity index (χ2v) is 7.80. The summed E-state index contributed by atoms with van der Waals surface area (Å²) in [4.78, 5) is 20.3. The lowest BCUT2D eigenvalue weighted by atomic mass is 10.1. The normalized spacial score (nSPS) is 10.8. The molecular weight excluding hydrogens is 464 g/mol. The molecule has 3 rings (SSSR count). The molecule has 1 heterocycles. The predicted octanol–water partition coefficient (Wildman–Crippen LogP) is 5.26. The summed E-state index contributed by atoms with van der Waals surface area (Å²) in [6.07, 6.45) is 3.33. The lowest BCUT2D eigenvalue weighted by molar-refractivity contribution is 0.0693. The Kier molecular flexibility index (Phi) is 6.81. The van der Waals surface area contributed by atoms with Crippen LogP contribution in [0.1, 0.15) is 15.9 Å². The number of hydrogen-bond donors (Lipinski definition) is 2. The summed E-state index contributed by atoms with van der Waals surface area (Å²) < 4.78 is 28.2. The van der Waals surface area contributed by atoms with Gasteiger partial charge in [0.1, 0.15) is 23.8 Å². The second kappa shape index (κ2) is 9.32. The summed E-state index contributed by atoms with van der Waals surface area (Å²) in [5, 5.41) is 12.3. The molecule has 29 heavy (non-hydrogen) atoms. The minimum Gasteiger partial charge on any atom is -0.478 e. The number of hydrogen-bond acceptors (Lipinski definition) is 5. The fraction of sp³-hybridized carbons (Fsp3) is 0.150. The van der Waals surface area contributed by atoms with Crippen LogP contribution in [-0.2, 0) is 6.42 Å². The highest BCUT2D eigenvalue weighted by Gasteiger charge is 2.13. The Bertz CT molecular complexity index is 1040. The summed E-state index contributed by atoms with van der Waals surface area (Å²) in [6.45, 7) is 0.278. The summed E-state index contributed by atoms with van der Waals surface area (Å²) in [5.41, 5.74) is 1.58. The van der Waals surface area contributed by atoms with E-state index >= 15 is 0 Å². The number of carboxylic acid groups (broad SMARTS) is 1. The Labute approximate surface area is 178 Å². The summed E-state index contributed by atoms with van der Waals surface area (Å²) in [7, 11) is 0. The standard InChI is InChI=1S/C20H16BrF2N3O2S/c1-29-18-6-11(2-3-14(18)20(27)28)17-9-19(26-10-25-17)24-5-4-13-15(22)7-12(21)8-16(13)23/h2-3,6-10H,4-5H2,1H3,(H,27,28)(H,24,25,26). The third-order valence-corrected chi connectivity index (χ3v) is 5.42. The van der Waals surface area contributed by atoms with E-state index in [1.165, 1.54) is 36.3 Å². The second-order valence-electron chi connectivity index (χ2n) is 6.03. The fourth-order valence-corrected chi connectivity index (χ4v) is 3.79. The fourth-order valence-electron chi connectivity index (χ4n) is 2.77. The first kappa shape index (κ1) is 21.2. The average Bonchev–Trinajstić information content (AvgIpc) is 2.69. The molecule has 0 atom stereocenters. The Hall–Kier alpha value is -2.52. The zero-order chi connectivity index (χ0) is 21.0. The molecule has 0 bridgehead atoms. The highest BCUT2D eigenvalue weighted by atomic mass is 79.9. The molecule has 0 unspecified atom stereocenters. The van der Waals surface area contributed by atoms with Crippen molar-refractivity contribution in [1.82, 2.24) is 9.97 Å². The highest BCUT2D eigenvalue weighted by molar-refractivity contribution is 9.10. The predicted molar refractivity (Wildman–Crippen MR) is 112 cm³/mol. The molecule has 0 amide bonds. The van der Waals surface area contributed by atoms with Gasteiger partial charge in [-0.25, -0.2) is 23.5 Å². The monoisotopic (exact) mass is 479 g/mol. The molecule has 3 aromatic rings. The van der Waals surface area contributed by atoms with Crippen LogP contribution in [0.15, 0.2) is 52.1 Å². The third kappa shape index (κ3) is 5.10. The van der Waals surface area contributed by atoms with E-state index < -0.39 is 17.6 Å². The van der Waals surface area contributed by atoms with Crippen LogP contribution in [-0.4, -0.2) is 33.8 Å². The van der Waals surface area contributed by atoms with E-state index in [0.29, 0.717) is 20.9 Å². The Morgan fingerprint density at radius 3 is 2.55 bits per heavy atom. The van der Waals surface area contributed by atoms with Gasteiger partial charge in [0.25, 0.3) is 0 Å². The van der Waals surface area contributed by atoms with Crippen LogP contribution in [0.4, 0.5) is 14.6 Å². The summed E-state index contributed by atoms with van der Waals surface area (Å²) in [6, 6.07) is 9.14. The van der Waals surface area contributed by atoms with E-state index in [0.717, 1.165) is 5.56 Å². The van der Waals surface area contributed by atoms with Crippen LogP contribution < -0.4 is 5.32 Å². The molecule has 2 N–H and O–H groups in total. The van der Waals surface area contributed by atoms with Gasteiger partial charge >= 0.3 is 5.97 Å². The largest absolute Gasteiger partial charge is 0.478 e. The lowest BCUT2D eigenvalue weighted by Gasteiger charge is -2.10. The van der Waals surface area contributed by atoms with Crippen molar-refractivity contribution < 1.29 is 18.7 Å². The Balaban J connectivity index is 1.74. The van der Waals surface area contributed by atoms with Crippen molar-refractivity contribution in [2.24, 2.45) is 0 Å². The van der Waals surface area contributed by atoms with E-state index in [1.54, 1.807) is 24.5 Å². The number of carboxylic acids is 1. The number of nitrogens with zero attached hydrogens (tertiary/aromatic N) is 2. The quantitative estimate of drug-likeness (QED) is 0.450. The van der Waals surface area contributed by atoms with Crippen LogP contribution in [0, 0.1) is 11.6 Å². The zero-order valence-electron chi connectivity index (χ0n) is 15.2. The molecule has 9 heteroatoms. The van der Waals surface area contributed by atoms with Gasteiger partial charge in [-0.2, -0.15) is 0 Å². The highest BCUT2D eigenvalue weighted by Crippen LogP contribution is 2.28. The maximum Gasteiger partial charge on any atom is 0.336 e. The number of benzene rings is 2. The van der Waals surface area contributed by atoms with Crippen LogP contribution in [0.5, 0.6) is 0 Å². The Morgan fingerprint density at radius 1 is 1.17 bits per heavy atom. The van der Waals surface area contributed by atoms with Gasteiger partial charge in [-0.1, -0.05) is 22.0 Å². The number of aromatic nitrogens is 2. The first-order chi connectivity index (χ1) is 13.9. The molecule has 0 saturated carbocycles. The minimum absolute atomic E-state index is 0.00357. The SMILES string of the molecule is CSc1cc(-c2cc(NCCc3c(F)cc(Br)cc3F)ncn2)ccc1C(=O)O. The van der Waals surface area contributed by atoms with Crippen molar-refractivity contribution in [3.63, 3.8) is 0 Å². The first-order valence-electron chi connectivity index (χ1n) is 8.50. The van der Waals surface area contributed by atoms with E-state index in [2.05, 4.69) is 31.2 Å². The molecule has 2 aromatic carbocycles. The van der Waals surface area contributed by atoms with Crippen molar-refractivity contribution in [2.45, 2.75) is 11.3 Å². The van der Waals surface area contributed by atoms with Crippen LogP contribution in [0.25, 0.3) is 11.3 Å². The van der Waals surface area contributed by atoms with E-state index in [1.807, 2.05) is 0 Å². The van der Waals surface area contributed by atoms with Crippen LogP contribution >= 0.6 is 27.7 Å². The van der Waals surface area contributed by atoms with E-state index in [-0.39, 0.29) is 24.1 Å². The maximum atomic E-state index is 13.9.